The number of carbonyl (C=O) groups is 1. The van der Waals surface area contributed by atoms with Gasteiger partial charge in [0.25, 0.3) is 5.91 Å². The molecular formula is C20H26FN5O. The van der Waals surface area contributed by atoms with Crippen LogP contribution in [0.1, 0.15) is 61.9 Å². The standard InChI is InChI=1S/C20H26FN5O/c1-13(2)19-23-18(24-26(19)15-7-3-6-14(21)12-15)20(27)25-11-5-8-16-17(25)9-4-10-22-16/h3,6-7,12-13,16-17,22H,4-5,8-11H2,1-2H3. The van der Waals surface area contributed by atoms with Gasteiger partial charge >= 0.3 is 0 Å². The minimum Gasteiger partial charge on any atom is -0.331 e. The van der Waals surface area contributed by atoms with E-state index in [0.29, 0.717) is 17.6 Å². The number of likely N-dealkylation sites (tertiary alicyclic amines) is 1. The summed E-state index contributed by atoms with van der Waals surface area (Å²) in [6, 6.07) is 6.80. The fourth-order valence-corrected chi connectivity index (χ4v) is 4.22. The zero-order valence-electron chi connectivity index (χ0n) is 15.9. The van der Waals surface area contributed by atoms with Gasteiger partial charge in [0.1, 0.15) is 11.6 Å². The molecule has 2 aliphatic rings. The third kappa shape index (κ3) is 3.48. The van der Waals surface area contributed by atoms with E-state index in [-0.39, 0.29) is 29.5 Å². The maximum Gasteiger partial charge on any atom is 0.293 e. The van der Waals surface area contributed by atoms with E-state index in [1.165, 1.54) is 12.1 Å². The van der Waals surface area contributed by atoms with Gasteiger partial charge in [0.2, 0.25) is 5.82 Å². The summed E-state index contributed by atoms with van der Waals surface area (Å²) >= 11 is 0. The monoisotopic (exact) mass is 371 g/mol. The topological polar surface area (TPSA) is 63.1 Å². The molecule has 4 rings (SSSR count). The van der Waals surface area contributed by atoms with Crippen LogP contribution in [0, 0.1) is 5.82 Å². The fourth-order valence-electron chi connectivity index (χ4n) is 4.22. The molecule has 2 aromatic rings. The molecule has 0 radical (unpaired) electrons. The summed E-state index contributed by atoms with van der Waals surface area (Å²) in [6.45, 7) is 5.76. The maximum atomic E-state index is 13.7. The van der Waals surface area contributed by atoms with Crippen LogP contribution in [0.3, 0.4) is 0 Å². The van der Waals surface area contributed by atoms with E-state index in [1.54, 1.807) is 16.8 Å². The van der Waals surface area contributed by atoms with Crippen molar-refractivity contribution in [2.45, 2.75) is 57.5 Å². The van der Waals surface area contributed by atoms with Crippen LogP contribution in [0.4, 0.5) is 4.39 Å². The van der Waals surface area contributed by atoms with E-state index in [1.807, 2.05) is 18.7 Å². The molecule has 27 heavy (non-hydrogen) atoms. The van der Waals surface area contributed by atoms with Gasteiger partial charge in [-0.3, -0.25) is 4.79 Å². The van der Waals surface area contributed by atoms with E-state index in [2.05, 4.69) is 15.4 Å². The minimum atomic E-state index is -0.335. The van der Waals surface area contributed by atoms with Gasteiger partial charge in [-0.15, -0.1) is 5.10 Å². The molecule has 0 spiro atoms. The third-order valence-corrected chi connectivity index (χ3v) is 5.52. The number of rotatable bonds is 3. The molecule has 2 atom stereocenters. The number of hydrogen-bond donors (Lipinski definition) is 1. The molecule has 0 saturated carbocycles. The summed E-state index contributed by atoms with van der Waals surface area (Å²) in [5, 5.41) is 8.03. The Balaban J connectivity index is 1.67. The molecule has 1 aromatic heterocycles. The Bertz CT molecular complexity index is 832. The van der Waals surface area contributed by atoms with Crippen LogP contribution in [-0.4, -0.2) is 50.7 Å². The Morgan fingerprint density at radius 2 is 2.15 bits per heavy atom. The highest BCUT2D eigenvalue weighted by atomic mass is 19.1. The van der Waals surface area contributed by atoms with Crippen molar-refractivity contribution in [1.82, 2.24) is 25.0 Å². The lowest BCUT2D eigenvalue weighted by atomic mass is 9.89. The molecule has 144 valence electrons. The van der Waals surface area contributed by atoms with Crippen LogP contribution in [-0.2, 0) is 0 Å². The molecule has 2 aliphatic heterocycles. The Kier molecular flexibility index (Phi) is 4.95. The van der Waals surface area contributed by atoms with Crippen molar-refractivity contribution in [2.24, 2.45) is 0 Å². The highest BCUT2D eigenvalue weighted by molar-refractivity contribution is 5.91. The molecule has 2 unspecified atom stereocenters. The minimum absolute atomic E-state index is 0.0627. The van der Waals surface area contributed by atoms with Crippen molar-refractivity contribution in [2.75, 3.05) is 13.1 Å². The highest BCUT2D eigenvalue weighted by Crippen LogP contribution is 2.26. The van der Waals surface area contributed by atoms with Gasteiger partial charge in [-0.05, 0) is 50.4 Å². The van der Waals surface area contributed by atoms with Crippen LogP contribution in [0.15, 0.2) is 24.3 Å². The van der Waals surface area contributed by atoms with E-state index >= 15 is 0 Å². The lowest BCUT2D eigenvalue weighted by Gasteiger charge is -2.44. The van der Waals surface area contributed by atoms with E-state index in [0.717, 1.165) is 38.8 Å². The summed E-state index contributed by atoms with van der Waals surface area (Å²) in [7, 11) is 0. The fraction of sp³-hybridized carbons (Fsp3) is 0.550. The van der Waals surface area contributed by atoms with Crippen molar-refractivity contribution >= 4 is 5.91 Å². The first kappa shape index (κ1) is 18.1. The van der Waals surface area contributed by atoms with Crippen molar-refractivity contribution in [3.8, 4) is 5.69 Å². The van der Waals surface area contributed by atoms with Gasteiger partial charge in [0, 0.05) is 24.5 Å². The predicted molar refractivity (Wildman–Crippen MR) is 100 cm³/mol. The van der Waals surface area contributed by atoms with Gasteiger partial charge in [0.15, 0.2) is 0 Å². The van der Waals surface area contributed by atoms with E-state index < -0.39 is 0 Å². The maximum absolute atomic E-state index is 13.7. The zero-order valence-corrected chi connectivity index (χ0v) is 15.9. The second kappa shape index (κ2) is 7.38. The van der Waals surface area contributed by atoms with Crippen molar-refractivity contribution in [3.05, 3.63) is 41.7 Å². The Hall–Kier alpha value is -2.28. The molecule has 7 heteroatoms. The Labute approximate surface area is 158 Å². The van der Waals surface area contributed by atoms with Crippen LogP contribution in [0.2, 0.25) is 0 Å². The number of amides is 1. The van der Waals surface area contributed by atoms with Crippen molar-refractivity contribution in [3.63, 3.8) is 0 Å². The van der Waals surface area contributed by atoms with Gasteiger partial charge in [0.05, 0.1) is 5.69 Å². The van der Waals surface area contributed by atoms with Crippen LogP contribution < -0.4 is 5.32 Å². The molecule has 2 fully saturated rings. The number of fused-ring (bicyclic) bond motifs is 1. The van der Waals surface area contributed by atoms with E-state index in [4.69, 9.17) is 0 Å². The average molecular weight is 371 g/mol. The number of nitrogens with one attached hydrogen (secondary N) is 1. The smallest absolute Gasteiger partial charge is 0.293 e. The van der Waals surface area contributed by atoms with Crippen LogP contribution in [0.25, 0.3) is 5.69 Å². The number of aromatic nitrogens is 3. The molecule has 1 N–H and O–H groups in total. The summed E-state index contributed by atoms with van der Waals surface area (Å²) in [4.78, 5) is 19.7. The second-order valence-corrected chi connectivity index (χ2v) is 7.75. The Morgan fingerprint density at radius 3 is 2.93 bits per heavy atom. The third-order valence-electron chi connectivity index (χ3n) is 5.52. The quantitative estimate of drug-likeness (QED) is 0.901. The summed E-state index contributed by atoms with van der Waals surface area (Å²) in [6.07, 6.45) is 4.19. The van der Waals surface area contributed by atoms with Crippen molar-refractivity contribution in [1.29, 1.82) is 0 Å². The number of halogens is 1. The second-order valence-electron chi connectivity index (χ2n) is 7.75. The molecule has 1 aromatic carbocycles. The van der Waals surface area contributed by atoms with Gasteiger partial charge < -0.3 is 10.2 Å². The van der Waals surface area contributed by atoms with Gasteiger partial charge in [-0.2, -0.15) is 0 Å². The molecular weight excluding hydrogens is 345 g/mol. The number of piperidine rings is 2. The van der Waals surface area contributed by atoms with Crippen LogP contribution >= 0.6 is 0 Å². The molecule has 6 nitrogen and oxygen atoms in total. The molecule has 3 heterocycles. The first-order valence-corrected chi connectivity index (χ1v) is 9.82. The highest BCUT2D eigenvalue weighted by Gasteiger charge is 2.37. The molecule has 1 amide bonds. The number of benzene rings is 1. The first-order chi connectivity index (χ1) is 13.0. The van der Waals surface area contributed by atoms with E-state index in [9.17, 15) is 9.18 Å². The lowest BCUT2D eigenvalue weighted by Crippen LogP contribution is -2.58. The van der Waals surface area contributed by atoms with Crippen LogP contribution in [0.5, 0.6) is 0 Å². The van der Waals surface area contributed by atoms with Gasteiger partial charge in [-0.1, -0.05) is 19.9 Å². The normalized spacial score (nSPS) is 22.7. The molecule has 2 saturated heterocycles. The SMILES string of the molecule is CC(C)c1nc(C(=O)N2CCCC3NCCCC32)nn1-c1cccc(F)c1. The number of carbonyl (C=O) groups excluding carboxylic acids is 1. The average Bonchev–Trinajstić information content (AvgIpc) is 3.13. The lowest BCUT2D eigenvalue weighted by molar-refractivity contribution is 0.0472. The largest absolute Gasteiger partial charge is 0.331 e. The predicted octanol–water partition coefficient (Wildman–Crippen LogP) is 2.89. The molecule has 0 bridgehead atoms. The number of hydrogen-bond acceptors (Lipinski definition) is 4. The van der Waals surface area contributed by atoms with Crippen molar-refractivity contribution < 1.29 is 9.18 Å². The van der Waals surface area contributed by atoms with Gasteiger partial charge in [-0.25, -0.2) is 14.1 Å². The summed E-state index contributed by atoms with van der Waals surface area (Å²) < 4.78 is 15.3. The summed E-state index contributed by atoms with van der Waals surface area (Å²) in [5.41, 5.74) is 0.584. The Morgan fingerprint density at radius 1 is 1.30 bits per heavy atom. The first-order valence-electron chi connectivity index (χ1n) is 9.82. The summed E-state index contributed by atoms with van der Waals surface area (Å²) in [5.74, 6) is 0.476. The number of nitrogens with zero attached hydrogens (tertiary/aromatic N) is 4. The molecule has 0 aliphatic carbocycles. The zero-order chi connectivity index (χ0) is 19.0.